The van der Waals surface area contributed by atoms with Gasteiger partial charge in [-0.1, -0.05) is 0 Å². The Hall–Kier alpha value is -3.23. The summed E-state index contributed by atoms with van der Waals surface area (Å²) in [6.45, 7) is 0. The lowest BCUT2D eigenvalue weighted by Gasteiger charge is -2.30. The normalized spacial score (nSPS) is 20.6. The first kappa shape index (κ1) is 20.7. The standard InChI is InChI=1S/C23H29N7O2/c1-30(2)21-17-5-3-4-6-18(17)26-23(27-21)25-16-10-8-15(9-11-16)24-22(31)14-7-12-19-20(13-14)29-32-28-19/h7,12-13,15-16H,3-6,8-11H2,1-2H3,(H,24,31)(H,25,26,27)/t15-,16+. The third kappa shape index (κ3) is 4.24. The highest BCUT2D eigenvalue weighted by molar-refractivity contribution is 5.97. The Balaban J connectivity index is 1.19. The molecule has 2 N–H and O–H groups in total. The second-order valence-corrected chi connectivity index (χ2v) is 9.03. The van der Waals surface area contributed by atoms with Crippen molar-refractivity contribution in [2.24, 2.45) is 0 Å². The number of nitrogens with one attached hydrogen (secondary N) is 2. The van der Waals surface area contributed by atoms with Crippen molar-refractivity contribution >= 4 is 28.7 Å². The molecule has 0 spiro atoms. The zero-order valence-electron chi connectivity index (χ0n) is 18.6. The van der Waals surface area contributed by atoms with E-state index >= 15 is 0 Å². The molecule has 0 bridgehead atoms. The van der Waals surface area contributed by atoms with Gasteiger partial charge in [0.1, 0.15) is 16.9 Å². The SMILES string of the molecule is CN(C)c1nc(N[C@H]2CC[C@@H](NC(=O)c3ccc4nonc4c3)CC2)nc2c1CCCC2. The van der Waals surface area contributed by atoms with Crippen molar-refractivity contribution in [3.05, 3.63) is 35.0 Å². The molecule has 32 heavy (non-hydrogen) atoms. The Morgan fingerprint density at radius 2 is 1.75 bits per heavy atom. The summed E-state index contributed by atoms with van der Waals surface area (Å²) in [6, 6.07) is 5.70. The van der Waals surface area contributed by atoms with Crippen molar-refractivity contribution < 1.29 is 9.42 Å². The number of carbonyl (C=O) groups excluding carboxylic acids is 1. The average molecular weight is 436 g/mol. The first-order valence-corrected chi connectivity index (χ1v) is 11.4. The van der Waals surface area contributed by atoms with Gasteiger partial charge >= 0.3 is 0 Å². The van der Waals surface area contributed by atoms with Crippen LogP contribution in [0.25, 0.3) is 11.0 Å². The lowest BCUT2D eigenvalue weighted by atomic mass is 9.91. The van der Waals surface area contributed by atoms with Crippen molar-refractivity contribution in [2.45, 2.75) is 63.5 Å². The quantitative estimate of drug-likeness (QED) is 0.629. The number of hydrogen-bond acceptors (Lipinski definition) is 8. The number of rotatable bonds is 5. The van der Waals surface area contributed by atoms with E-state index in [2.05, 4.69) is 25.8 Å². The summed E-state index contributed by atoms with van der Waals surface area (Å²) < 4.78 is 4.71. The van der Waals surface area contributed by atoms with E-state index in [0.717, 1.165) is 50.3 Å². The summed E-state index contributed by atoms with van der Waals surface area (Å²) >= 11 is 0. The highest BCUT2D eigenvalue weighted by atomic mass is 16.6. The Morgan fingerprint density at radius 3 is 2.56 bits per heavy atom. The predicted molar refractivity (Wildman–Crippen MR) is 122 cm³/mol. The summed E-state index contributed by atoms with van der Waals surface area (Å²) in [4.78, 5) is 24.4. The number of benzene rings is 1. The molecule has 0 unspecified atom stereocenters. The van der Waals surface area contributed by atoms with Gasteiger partial charge < -0.3 is 15.5 Å². The topological polar surface area (TPSA) is 109 Å². The van der Waals surface area contributed by atoms with E-state index in [4.69, 9.17) is 14.6 Å². The maximum Gasteiger partial charge on any atom is 0.251 e. The number of anilines is 2. The molecule has 0 saturated heterocycles. The third-order valence-electron chi connectivity index (χ3n) is 6.50. The van der Waals surface area contributed by atoms with Gasteiger partial charge in [-0.05, 0) is 79.9 Å². The van der Waals surface area contributed by atoms with E-state index in [0.29, 0.717) is 22.6 Å². The van der Waals surface area contributed by atoms with Crippen LogP contribution in [-0.4, -0.2) is 52.4 Å². The van der Waals surface area contributed by atoms with Crippen molar-refractivity contribution in [3.63, 3.8) is 0 Å². The zero-order chi connectivity index (χ0) is 22.1. The summed E-state index contributed by atoms with van der Waals surface area (Å²) in [7, 11) is 4.09. The van der Waals surface area contributed by atoms with Crippen LogP contribution in [-0.2, 0) is 12.8 Å². The molecule has 5 rings (SSSR count). The molecule has 1 fully saturated rings. The molecular weight excluding hydrogens is 406 g/mol. The highest BCUT2D eigenvalue weighted by Crippen LogP contribution is 2.29. The lowest BCUT2D eigenvalue weighted by Crippen LogP contribution is -2.40. The first-order chi connectivity index (χ1) is 15.6. The third-order valence-corrected chi connectivity index (χ3v) is 6.50. The summed E-state index contributed by atoms with van der Waals surface area (Å²) in [5, 5.41) is 14.3. The largest absolute Gasteiger partial charge is 0.362 e. The minimum atomic E-state index is -0.0834. The summed E-state index contributed by atoms with van der Waals surface area (Å²) in [5.74, 6) is 1.69. The van der Waals surface area contributed by atoms with Crippen LogP contribution in [0.4, 0.5) is 11.8 Å². The molecule has 2 heterocycles. The monoisotopic (exact) mass is 435 g/mol. The molecule has 0 aliphatic heterocycles. The number of aryl methyl sites for hydroxylation is 1. The number of carbonyl (C=O) groups is 1. The van der Waals surface area contributed by atoms with Gasteiger partial charge in [-0.15, -0.1) is 0 Å². The molecule has 9 nitrogen and oxygen atoms in total. The minimum absolute atomic E-state index is 0.0834. The molecule has 2 aliphatic rings. The van der Waals surface area contributed by atoms with Gasteiger partial charge in [-0.2, -0.15) is 4.98 Å². The molecular formula is C23H29N7O2. The van der Waals surface area contributed by atoms with Gasteiger partial charge in [-0.25, -0.2) is 9.61 Å². The smallest absolute Gasteiger partial charge is 0.251 e. The Labute approximate surface area is 186 Å². The lowest BCUT2D eigenvalue weighted by molar-refractivity contribution is 0.0926. The van der Waals surface area contributed by atoms with E-state index in [-0.39, 0.29) is 11.9 Å². The molecule has 2 aliphatic carbocycles. The van der Waals surface area contributed by atoms with E-state index in [1.807, 2.05) is 14.1 Å². The van der Waals surface area contributed by atoms with Crippen LogP contribution in [0.5, 0.6) is 0 Å². The van der Waals surface area contributed by atoms with Crippen molar-refractivity contribution in [3.8, 4) is 0 Å². The van der Waals surface area contributed by atoms with Crippen LogP contribution in [0.3, 0.4) is 0 Å². The average Bonchev–Trinajstić information content (AvgIpc) is 3.27. The Bertz CT molecular complexity index is 1120. The van der Waals surface area contributed by atoms with Crippen LogP contribution >= 0.6 is 0 Å². The Kier molecular flexibility index (Phi) is 5.63. The fourth-order valence-corrected chi connectivity index (χ4v) is 4.77. The molecule has 1 amide bonds. The van der Waals surface area contributed by atoms with Gasteiger partial charge in [0.25, 0.3) is 5.91 Å². The molecule has 168 valence electrons. The molecule has 0 atom stereocenters. The molecule has 3 aromatic rings. The minimum Gasteiger partial charge on any atom is -0.362 e. The number of nitrogens with zero attached hydrogens (tertiary/aromatic N) is 5. The fourth-order valence-electron chi connectivity index (χ4n) is 4.77. The predicted octanol–water partition coefficient (Wildman–Crippen LogP) is 3.11. The molecule has 9 heteroatoms. The molecule has 1 saturated carbocycles. The van der Waals surface area contributed by atoms with E-state index < -0.39 is 0 Å². The highest BCUT2D eigenvalue weighted by Gasteiger charge is 2.25. The number of amides is 1. The van der Waals surface area contributed by atoms with E-state index in [9.17, 15) is 4.79 Å². The van der Waals surface area contributed by atoms with Gasteiger partial charge in [0.2, 0.25) is 5.95 Å². The van der Waals surface area contributed by atoms with Crippen LogP contribution < -0.4 is 15.5 Å². The number of hydrogen-bond donors (Lipinski definition) is 2. The van der Waals surface area contributed by atoms with Crippen molar-refractivity contribution in [1.82, 2.24) is 25.6 Å². The van der Waals surface area contributed by atoms with Crippen molar-refractivity contribution in [1.29, 1.82) is 0 Å². The van der Waals surface area contributed by atoms with Gasteiger partial charge in [-0.3, -0.25) is 4.79 Å². The van der Waals surface area contributed by atoms with Gasteiger partial charge in [0, 0.05) is 37.3 Å². The fraction of sp³-hybridized carbons (Fsp3) is 0.522. The first-order valence-electron chi connectivity index (χ1n) is 11.4. The summed E-state index contributed by atoms with van der Waals surface area (Å²) in [5.41, 5.74) is 4.31. The number of aromatic nitrogens is 4. The van der Waals surface area contributed by atoms with E-state index in [1.54, 1.807) is 18.2 Å². The second-order valence-electron chi connectivity index (χ2n) is 9.03. The van der Waals surface area contributed by atoms with Crippen LogP contribution in [0.2, 0.25) is 0 Å². The van der Waals surface area contributed by atoms with Gasteiger partial charge in [0.05, 0.1) is 5.69 Å². The van der Waals surface area contributed by atoms with Crippen molar-refractivity contribution in [2.75, 3.05) is 24.3 Å². The van der Waals surface area contributed by atoms with Crippen LogP contribution in [0.1, 0.15) is 60.1 Å². The summed E-state index contributed by atoms with van der Waals surface area (Å²) in [6.07, 6.45) is 8.27. The van der Waals surface area contributed by atoms with E-state index in [1.165, 1.54) is 24.1 Å². The maximum absolute atomic E-state index is 12.7. The number of fused-ring (bicyclic) bond motifs is 2. The second kappa shape index (κ2) is 8.72. The molecule has 1 aromatic carbocycles. The maximum atomic E-state index is 12.7. The van der Waals surface area contributed by atoms with Gasteiger partial charge in [0.15, 0.2) is 0 Å². The zero-order valence-corrected chi connectivity index (χ0v) is 18.6. The molecule has 0 radical (unpaired) electrons. The van der Waals surface area contributed by atoms with Crippen LogP contribution in [0.15, 0.2) is 22.8 Å². The molecule has 2 aromatic heterocycles. The van der Waals surface area contributed by atoms with Crippen LogP contribution in [0, 0.1) is 0 Å². The Morgan fingerprint density at radius 1 is 1.00 bits per heavy atom.